The lowest BCUT2D eigenvalue weighted by molar-refractivity contribution is 0.102. The quantitative estimate of drug-likeness (QED) is 0.843. The Kier molecular flexibility index (Phi) is 4.47. The van der Waals surface area contributed by atoms with Crippen molar-refractivity contribution in [1.82, 2.24) is 4.98 Å². The molecule has 0 saturated heterocycles. The van der Waals surface area contributed by atoms with Gasteiger partial charge in [0.1, 0.15) is 11.0 Å². The van der Waals surface area contributed by atoms with E-state index in [0.29, 0.717) is 22.1 Å². The first-order valence-electron chi connectivity index (χ1n) is 5.92. The van der Waals surface area contributed by atoms with E-state index in [-0.39, 0.29) is 11.1 Å². The zero-order valence-corrected chi connectivity index (χ0v) is 12.5. The summed E-state index contributed by atoms with van der Waals surface area (Å²) in [7, 11) is 1.71. The van der Waals surface area contributed by atoms with E-state index in [4.69, 9.17) is 23.2 Å². The second kappa shape index (κ2) is 6.11. The molecule has 20 heavy (non-hydrogen) atoms. The number of amides is 1. The van der Waals surface area contributed by atoms with Crippen molar-refractivity contribution in [3.8, 4) is 0 Å². The minimum absolute atomic E-state index is 0.254. The van der Waals surface area contributed by atoms with Gasteiger partial charge in [-0.15, -0.1) is 0 Å². The maximum Gasteiger partial charge on any atom is 0.255 e. The van der Waals surface area contributed by atoms with Crippen molar-refractivity contribution in [3.05, 3.63) is 51.6 Å². The molecular formula is C14H13Cl2N3O. The Bertz CT molecular complexity index is 659. The van der Waals surface area contributed by atoms with E-state index >= 15 is 0 Å². The van der Waals surface area contributed by atoms with Crippen LogP contribution in [0.25, 0.3) is 0 Å². The van der Waals surface area contributed by atoms with Crippen molar-refractivity contribution in [2.75, 3.05) is 17.7 Å². The van der Waals surface area contributed by atoms with E-state index in [1.807, 2.05) is 13.0 Å². The number of aryl methyl sites for hydroxylation is 1. The van der Waals surface area contributed by atoms with Crippen LogP contribution in [0, 0.1) is 6.92 Å². The molecule has 104 valence electrons. The lowest BCUT2D eigenvalue weighted by atomic mass is 10.2. The second-order valence-electron chi connectivity index (χ2n) is 4.23. The molecule has 0 unspecified atom stereocenters. The molecule has 0 fully saturated rings. The highest BCUT2D eigenvalue weighted by Crippen LogP contribution is 2.21. The van der Waals surface area contributed by atoms with Gasteiger partial charge in [0.2, 0.25) is 0 Å². The summed E-state index contributed by atoms with van der Waals surface area (Å²) in [6, 6.07) is 8.47. The molecule has 0 aliphatic rings. The Hall–Kier alpha value is -1.78. The van der Waals surface area contributed by atoms with E-state index in [0.717, 1.165) is 5.56 Å². The number of carbonyl (C=O) groups is 1. The predicted octanol–water partition coefficient (Wildman–Crippen LogP) is 3.99. The van der Waals surface area contributed by atoms with Crippen LogP contribution in [0.15, 0.2) is 30.3 Å². The van der Waals surface area contributed by atoms with Crippen LogP contribution in [0.5, 0.6) is 0 Å². The first-order valence-corrected chi connectivity index (χ1v) is 6.68. The van der Waals surface area contributed by atoms with E-state index < -0.39 is 0 Å². The van der Waals surface area contributed by atoms with Crippen molar-refractivity contribution in [2.24, 2.45) is 0 Å². The highest BCUT2D eigenvalue weighted by molar-refractivity contribution is 6.31. The van der Waals surface area contributed by atoms with Crippen molar-refractivity contribution in [1.29, 1.82) is 0 Å². The normalized spacial score (nSPS) is 10.2. The van der Waals surface area contributed by atoms with Gasteiger partial charge in [-0.3, -0.25) is 4.79 Å². The van der Waals surface area contributed by atoms with Crippen LogP contribution in [0.3, 0.4) is 0 Å². The summed E-state index contributed by atoms with van der Waals surface area (Å²) in [5.41, 5.74) is 2.00. The molecule has 0 radical (unpaired) electrons. The Morgan fingerprint density at radius 3 is 2.60 bits per heavy atom. The molecular weight excluding hydrogens is 297 g/mol. The molecule has 4 nitrogen and oxygen atoms in total. The molecule has 2 N–H and O–H groups in total. The smallest absolute Gasteiger partial charge is 0.255 e. The van der Waals surface area contributed by atoms with E-state index in [1.165, 1.54) is 6.07 Å². The Morgan fingerprint density at radius 1 is 1.20 bits per heavy atom. The molecule has 0 aliphatic heterocycles. The molecule has 2 aromatic rings. The molecule has 0 bridgehead atoms. The highest BCUT2D eigenvalue weighted by atomic mass is 35.5. The largest absolute Gasteiger partial charge is 0.373 e. The van der Waals surface area contributed by atoms with Gasteiger partial charge < -0.3 is 10.6 Å². The zero-order valence-electron chi connectivity index (χ0n) is 11.0. The third-order valence-corrected chi connectivity index (χ3v) is 3.34. The summed E-state index contributed by atoms with van der Waals surface area (Å²) in [4.78, 5) is 16.2. The first kappa shape index (κ1) is 14.6. The molecule has 2 rings (SSSR count). The number of hydrogen-bond acceptors (Lipinski definition) is 3. The number of pyridine rings is 1. The van der Waals surface area contributed by atoms with Gasteiger partial charge in [-0.2, -0.15) is 0 Å². The maximum absolute atomic E-state index is 12.2. The van der Waals surface area contributed by atoms with Gasteiger partial charge in [0.25, 0.3) is 5.91 Å². The van der Waals surface area contributed by atoms with Gasteiger partial charge in [-0.1, -0.05) is 29.3 Å². The van der Waals surface area contributed by atoms with Gasteiger partial charge in [-0.25, -0.2) is 4.98 Å². The third-order valence-electron chi connectivity index (χ3n) is 2.74. The van der Waals surface area contributed by atoms with Crippen molar-refractivity contribution in [2.45, 2.75) is 6.92 Å². The Morgan fingerprint density at radius 2 is 1.95 bits per heavy atom. The molecule has 1 amide bonds. The number of halogens is 2. The molecule has 0 spiro atoms. The summed E-state index contributed by atoms with van der Waals surface area (Å²) < 4.78 is 0. The molecule has 0 atom stereocenters. The number of rotatable bonds is 3. The second-order valence-corrected chi connectivity index (χ2v) is 5.03. The van der Waals surface area contributed by atoms with Gasteiger partial charge in [0.15, 0.2) is 0 Å². The SMILES string of the molecule is CNc1cc(C(=O)Nc2ccc(C)c(Cl)c2)cc(Cl)n1. The molecule has 1 aromatic heterocycles. The maximum atomic E-state index is 12.2. The molecule has 6 heteroatoms. The average molecular weight is 310 g/mol. The fraction of sp³-hybridized carbons (Fsp3) is 0.143. The van der Waals surface area contributed by atoms with Crippen LogP contribution in [0.4, 0.5) is 11.5 Å². The monoisotopic (exact) mass is 309 g/mol. The first-order chi connectivity index (χ1) is 9.49. The molecule has 1 aromatic carbocycles. The van der Waals surface area contributed by atoms with Gasteiger partial charge in [-0.05, 0) is 36.8 Å². The summed E-state index contributed by atoms with van der Waals surface area (Å²) >= 11 is 11.9. The number of aromatic nitrogens is 1. The van der Waals surface area contributed by atoms with Crippen LogP contribution in [-0.4, -0.2) is 17.9 Å². The van der Waals surface area contributed by atoms with Gasteiger partial charge >= 0.3 is 0 Å². The molecule has 0 saturated carbocycles. The highest BCUT2D eigenvalue weighted by Gasteiger charge is 2.10. The van der Waals surface area contributed by atoms with Gasteiger partial charge in [0.05, 0.1) is 0 Å². The van der Waals surface area contributed by atoms with Gasteiger partial charge in [0, 0.05) is 23.3 Å². The number of benzene rings is 1. The van der Waals surface area contributed by atoms with Crippen LogP contribution >= 0.6 is 23.2 Å². The molecule has 1 heterocycles. The lowest BCUT2D eigenvalue weighted by Crippen LogP contribution is -2.12. The number of hydrogen-bond donors (Lipinski definition) is 2. The number of carbonyl (C=O) groups excluding carboxylic acids is 1. The average Bonchev–Trinajstić information content (AvgIpc) is 2.42. The summed E-state index contributed by atoms with van der Waals surface area (Å²) in [5, 5.41) is 6.47. The predicted molar refractivity (Wildman–Crippen MR) is 82.9 cm³/mol. The van der Waals surface area contributed by atoms with Crippen LogP contribution < -0.4 is 10.6 Å². The minimum Gasteiger partial charge on any atom is -0.373 e. The standard InChI is InChI=1S/C14H13Cl2N3O/c1-8-3-4-10(7-11(8)15)18-14(20)9-5-12(16)19-13(6-9)17-2/h3-7H,1-2H3,(H,17,19)(H,18,20). The van der Waals surface area contributed by atoms with E-state index in [1.54, 1.807) is 25.2 Å². The fourth-order valence-electron chi connectivity index (χ4n) is 1.63. The summed E-state index contributed by atoms with van der Waals surface area (Å²) in [6.45, 7) is 1.90. The Labute approximate surface area is 127 Å². The van der Waals surface area contributed by atoms with E-state index in [9.17, 15) is 4.79 Å². The number of anilines is 2. The number of nitrogens with zero attached hydrogens (tertiary/aromatic N) is 1. The van der Waals surface area contributed by atoms with Crippen LogP contribution in [0.1, 0.15) is 15.9 Å². The fourth-order valence-corrected chi connectivity index (χ4v) is 2.02. The number of nitrogens with one attached hydrogen (secondary N) is 2. The van der Waals surface area contributed by atoms with Crippen LogP contribution in [-0.2, 0) is 0 Å². The third kappa shape index (κ3) is 3.40. The summed E-state index contributed by atoms with van der Waals surface area (Å²) in [5.74, 6) is 0.260. The Balaban J connectivity index is 2.23. The summed E-state index contributed by atoms with van der Waals surface area (Å²) in [6.07, 6.45) is 0. The zero-order chi connectivity index (χ0) is 14.7. The van der Waals surface area contributed by atoms with Crippen molar-refractivity contribution < 1.29 is 4.79 Å². The van der Waals surface area contributed by atoms with Crippen LogP contribution in [0.2, 0.25) is 10.2 Å². The topological polar surface area (TPSA) is 54.0 Å². The van der Waals surface area contributed by atoms with Crippen molar-refractivity contribution in [3.63, 3.8) is 0 Å². The van der Waals surface area contributed by atoms with Crippen molar-refractivity contribution >= 4 is 40.6 Å². The molecule has 0 aliphatic carbocycles. The minimum atomic E-state index is -0.272. The lowest BCUT2D eigenvalue weighted by Gasteiger charge is -2.08. The van der Waals surface area contributed by atoms with E-state index in [2.05, 4.69) is 15.6 Å².